The molecule has 0 saturated heterocycles. The van der Waals surface area contributed by atoms with Crippen LogP contribution in [0.15, 0.2) is 41.3 Å². The van der Waals surface area contributed by atoms with Crippen LogP contribution < -0.4 is 5.32 Å². The molecule has 2 N–H and O–H groups in total. The first-order valence-corrected chi connectivity index (χ1v) is 7.05. The molecule has 0 radical (unpaired) electrons. The van der Waals surface area contributed by atoms with Crippen molar-refractivity contribution in [2.24, 2.45) is 0 Å². The first-order valence-electron chi connectivity index (χ1n) is 5.95. The van der Waals surface area contributed by atoms with E-state index in [2.05, 4.69) is 5.32 Å². The maximum atomic E-state index is 11.1. The molecule has 0 bridgehead atoms. The average Bonchev–Trinajstić information content (AvgIpc) is 2.38. The Morgan fingerprint density at radius 2 is 2.11 bits per heavy atom. The molecule has 4 nitrogen and oxygen atoms in total. The molecule has 2 aromatic rings. The molecule has 0 aromatic heterocycles. The Kier molecular flexibility index (Phi) is 4.29. The van der Waals surface area contributed by atoms with Gasteiger partial charge in [-0.25, -0.2) is 4.21 Å². The van der Waals surface area contributed by atoms with Gasteiger partial charge in [0, 0.05) is 13.5 Å². The van der Waals surface area contributed by atoms with Gasteiger partial charge in [-0.2, -0.15) is 0 Å². The summed E-state index contributed by atoms with van der Waals surface area (Å²) in [6, 6.07) is 11.1. The van der Waals surface area contributed by atoms with Gasteiger partial charge >= 0.3 is 0 Å². The van der Waals surface area contributed by atoms with E-state index in [1.165, 1.54) is 6.92 Å². The fraction of sp³-hybridized carbons (Fsp3) is 0.214. The molecule has 2 aromatic carbocycles. The summed E-state index contributed by atoms with van der Waals surface area (Å²) in [6.07, 6.45) is 0.693. The smallest absolute Gasteiger partial charge is 0.216 e. The van der Waals surface area contributed by atoms with E-state index in [0.29, 0.717) is 17.9 Å². The zero-order valence-electron chi connectivity index (χ0n) is 10.6. The van der Waals surface area contributed by atoms with Crippen molar-refractivity contribution in [2.75, 3.05) is 6.54 Å². The van der Waals surface area contributed by atoms with Gasteiger partial charge in [0.25, 0.3) is 0 Å². The highest BCUT2D eigenvalue weighted by Gasteiger charge is 2.05. The summed E-state index contributed by atoms with van der Waals surface area (Å²) in [5.74, 6) is -0.0580. The van der Waals surface area contributed by atoms with Crippen LogP contribution in [0.4, 0.5) is 0 Å². The number of carbonyl (C=O) groups is 1. The van der Waals surface area contributed by atoms with Crippen LogP contribution in [0, 0.1) is 0 Å². The second-order valence-corrected chi connectivity index (χ2v) is 5.25. The molecule has 1 unspecified atom stereocenters. The molecule has 0 saturated carbocycles. The van der Waals surface area contributed by atoms with Gasteiger partial charge in [-0.15, -0.1) is 0 Å². The van der Waals surface area contributed by atoms with Crippen LogP contribution >= 0.6 is 0 Å². The van der Waals surface area contributed by atoms with Crippen molar-refractivity contribution in [3.63, 3.8) is 0 Å². The molecule has 1 amide bonds. The van der Waals surface area contributed by atoms with Gasteiger partial charge in [-0.05, 0) is 34.9 Å². The van der Waals surface area contributed by atoms with Crippen molar-refractivity contribution >= 4 is 27.8 Å². The molecule has 0 spiro atoms. The van der Waals surface area contributed by atoms with Crippen LogP contribution in [0.5, 0.6) is 0 Å². The van der Waals surface area contributed by atoms with Crippen molar-refractivity contribution < 1.29 is 13.6 Å². The van der Waals surface area contributed by atoms with Crippen LogP contribution in [-0.2, 0) is 22.3 Å². The Morgan fingerprint density at radius 3 is 2.79 bits per heavy atom. The molecule has 1 atom stereocenters. The molecule has 0 fully saturated rings. The number of nitrogens with one attached hydrogen (secondary N) is 1. The SMILES string of the molecule is CC(=O)NCCc1cccc2ccc(S(=O)O)cc12. The minimum absolute atomic E-state index is 0.0580. The largest absolute Gasteiger partial charge is 0.356 e. The second-order valence-electron chi connectivity index (χ2n) is 4.28. The number of hydrogen-bond donors (Lipinski definition) is 2. The standard InChI is InChI=1S/C14H15NO3S/c1-10(16)15-8-7-12-4-2-3-11-5-6-13(19(17)18)9-14(11)12/h2-6,9H,7-8H2,1H3,(H,15,16)(H,17,18). The molecule has 0 aliphatic carbocycles. The summed E-state index contributed by atoms with van der Waals surface area (Å²) < 4.78 is 20.3. The van der Waals surface area contributed by atoms with Crippen molar-refractivity contribution in [3.05, 3.63) is 42.0 Å². The van der Waals surface area contributed by atoms with Gasteiger partial charge in [0.05, 0.1) is 4.90 Å². The summed E-state index contributed by atoms with van der Waals surface area (Å²) in [6.45, 7) is 2.04. The van der Waals surface area contributed by atoms with E-state index >= 15 is 0 Å². The lowest BCUT2D eigenvalue weighted by Gasteiger charge is -2.08. The van der Waals surface area contributed by atoms with Crippen LogP contribution in [-0.4, -0.2) is 21.2 Å². The zero-order valence-corrected chi connectivity index (χ0v) is 11.4. The van der Waals surface area contributed by atoms with Gasteiger partial charge in [-0.3, -0.25) is 4.79 Å². The highest BCUT2D eigenvalue weighted by atomic mass is 32.2. The van der Waals surface area contributed by atoms with Gasteiger partial charge < -0.3 is 9.87 Å². The van der Waals surface area contributed by atoms with E-state index in [0.717, 1.165) is 16.3 Å². The second kappa shape index (κ2) is 5.95. The Balaban J connectivity index is 2.34. The Bertz CT molecular complexity index is 640. The minimum Gasteiger partial charge on any atom is -0.356 e. The van der Waals surface area contributed by atoms with Crippen LogP contribution in [0.1, 0.15) is 12.5 Å². The quantitative estimate of drug-likeness (QED) is 0.841. The third kappa shape index (κ3) is 3.39. The number of rotatable bonds is 4. The number of fused-ring (bicyclic) bond motifs is 1. The average molecular weight is 277 g/mol. The maximum absolute atomic E-state index is 11.1. The molecule has 19 heavy (non-hydrogen) atoms. The van der Waals surface area contributed by atoms with E-state index in [-0.39, 0.29) is 5.91 Å². The van der Waals surface area contributed by atoms with Crippen molar-refractivity contribution in [2.45, 2.75) is 18.2 Å². The first kappa shape index (κ1) is 13.7. The topological polar surface area (TPSA) is 66.4 Å². The summed E-state index contributed by atoms with van der Waals surface area (Å²) in [5.41, 5.74) is 1.05. The van der Waals surface area contributed by atoms with Crippen LogP contribution in [0.2, 0.25) is 0 Å². The summed E-state index contributed by atoms with van der Waals surface area (Å²) in [4.78, 5) is 11.2. The van der Waals surface area contributed by atoms with Crippen LogP contribution in [0.25, 0.3) is 10.8 Å². The molecular formula is C14H15NO3S. The van der Waals surface area contributed by atoms with E-state index in [1.807, 2.05) is 24.3 Å². The highest BCUT2D eigenvalue weighted by molar-refractivity contribution is 7.79. The summed E-state index contributed by atoms with van der Waals surface area (Å²) in [5, 5.41) is 4.72. The van der Waals surface area contributed by atoms with Gasteiger partial charge in [-0.1, -0.05) is 24.3 Å². The third-order valence-corrected chi connectivity index (χ3v) is 3.57. The number of carbonyl (C=O) groups excluding carboxylic acids is 1. The van der Waals surface area contributed by atoms with Crippen molar-refractivity contribution in [1.82, 2.24) is 5.32 Å². The normalized spacial score (nSPS) is 12.3. The molecule has 0 aliphatic rings. The zero-order chi connectivity index (χ0) is 13.8. The summed E-state index contributed by atoms with van der Waals surface area (Å²) >= 11 is -1.98. The lowest BCUT2D eigenvalue weighted by Crippen LogP contribution is -2.22. The lowest BCUT2D eigenvalue weighted by molar-refractivity contribution is -0.118. The predicted octanol–water partition coefficient (Wildman–Crippen LogP) is 2.10. The van der Waals surface area contributed by atoms with Gasteiger partial charge in [0.1, 0.15) is 0 Å². The Morgan fingerprint density at radius 1 is 1.32 bits per heavy atom. The number of benzene rings is 2. The van der Waals surface area contributed by atoms with Crippen LogP contribution in [0.3, 0.4) is 0 Å². The van der Waals surface area contributed by atoms with Crippen molar-refractivity contribution in [3.8, 4) is 0 Å². The fourth-order valence-corrected chi connectivity index (χ4v) is 2.42. The molecule has 0 aliphatic heterocycles. The monoisotopic (exact) mass is 277 g/mol. The number of amides is 1. The van der Waals surface area contributed by atoms with Crippen molar-refractivity contribution in [1.29, 1.82) is 0 Å². The third-order valence-electron chi connectivity index (χ3n) is 2.91. The molecule has 100 valence electrons. The minimum atomic E-state index is -1.98. The lowest BCUT2D eigenvalue weighted by atomic mass is 10.0. The maximum Gasteiger partial charge on any atom is 0.216 e. The van der Waals surface area contributed by atoms with E-state index in [9.17, 15) is 9.00 Å². The Hall–Kier alpha value is -1.72. The van der Waals surface area contributed by atoms with Gasteiger partial charge in [0.2, 0.25) is 5.91 Å². The highest BCUT2D eigenvalue weighted by Crippen LogP contribution is 2.22. The predicted molar refractivity (Wildman–Crippen MR) is 75.4 cm³/mol. The van der Waals surface area contributed by atoms with E-state index in [1.54, 1.807) is 12.1 Å². The first-order chi connectivity index (χ1) is 9.08. The van der Waals surface area contributed by atoms with E-state index < -0.39 is 11.1 Å². The number of hydrogen-bond acceptors (Lipinski definition) is 2. The van der Waals surface area contributed by atoms with E-state index in [4.69, 9.17) is 4.55 Å². The fourth-order valence-electron chi connectivity index (χ4n) is 2.02. The summed E-state index contributed by atoms with van der Waals surface area (Å²) in [7, 11) is 0. The molecule has 5 heteroatoms. The van der Waals surface area contributed by atoms with Gasteiger partial charge in [0.15, 0.2) is 11.1 Å². The molecular weight excluding hydrogens is 262 g/mol. The Labute approximate surface area is 114 Å². The molecule has 0 heterocycles. The molecule has 2 rings (SSSR count).